The van der Waals surface area contributed by atoms with Crippen molar-refractivity contribution in [2.45, 2.75) is 26.7 Å². The Morgan fingerprint density at radius 3 is 0.519 bits per heavy atom. The summed E-state index contributed by atoms with van der Waals surface area (Å²) in [6.45, 7) is 13.2. The number of rotatable bonds is 43. The van der Waals surface area contributed by atoms with E-state index in [0.717, 1.165) is 0 Å². The van der Waals surface area contributed by atoms with E-state index >= 15 is 0 Å². The van der Waals surface area contributed by atoms with Crippen LogP contribution in [0, 0.1) is 0 Å². The predicted octanol–water partition coefficient (Wildman–Crippen LogP) is 0.230. The standard InChI is InChI=1S/C34H62O18/c1-31(35)29-33(37)51-27-25-49-23-21-47-19-17-45-15-13-43-11-9-41-7-5-39-3-4-40-6-8-42-10-12-44-14-16-46-18-20-48-22-24-50-26-28-52-34(38)30-32(2)36/h3-30H2,1-2H3. The molecule has 0 heterocycles. The summed E-state index contributed by atoms with van der Waals surface area (Å²) in [6, 6.07) is 0. The molecule has 0 bridgehead atoms. The van der Waals surface area contributed by atoms with Gasteiger partial charge in [-0.1, -0.05) is 0 Å². The lowest BCUT2D eigenvalue weighted by molar-refractivity contribution is -0.148. The fourth-order valence-corrected chi connectivity index (χ4v) is 3.46. The number of hydrogen-bond acceptors (Lipinski definition) is 18. The molecule has 52 heavy (non-hydrogen) atoms. The molecule has 0 N–H and O–H groups in total. The van der Waals surface area contributed by atoms with Crippen molar-refractivity contribution in [1.29, 1.82) is 0 Å². The minimum Gasteiger partial charge on any atom is -0.463 e. The highest BCUT2D eigenvalue weighted by atomic mass is 16.6. The quantitative estimate of drug-likeness (QED) is 0.0465. The first kappa shape index (κ1) is 49.8. The molecule has 0 aliphatic heterocycles. The summed E-state index contributed by atoms with van der Waals surface area (Å²) in [5, 5.41) is 0. The van der Waals surface area contributed by atoms with Crippen LogP contribution in [0.4, 0.5) is 0 Å². The van der Waals surface area contributed by atoms with Gasteiger partial charge in [-0.05, 0) is 13.8 Å². The van der Waals surface area contributed by atoms with Crippen molar-refractivity contribution in [2.24, 2.45) is 0 Å². The van der Waals surface area contributed by atoms with Gasteiger partial charge in [0.2, 0.25) is 0 Å². The van der Waals surface area contributed by atoms with E-state index in [1.807, 2.05) is 0 Å². The van der Waals surface area contributed by atoms with E-state index in [-0.39, 0.29) is 50.8 Å². The average molecular weight is 759 g/mol. The fourth-order valence-electron chi connectivity index (χ4n) is 3.46. The minimum atomic E-state index is -0.546. The van der Waals surface area contributed by atoms with Crippen molar-refractivity contribution in [2.75, 3.05) is 172 Å². The largest absolute Gasteiger partial charge is 0.463 e. The Bertz CT molecular complexity index is 764. The van der Waals surface area contributed by atoms with Crippen LogP contribution in [-0.2, 0) is 85.5 Å². The number of Topliss-reactive ketones (excluding diaryl/α,β-unsaturated/α-hetero) is 2. The predicted molar refractivity (Wildman–Crippen MR) is 182 cm³/mol. The number of carbonyl (C=O) groups is 4. The molecule has 0 aromatic rings. The highest BCUT2D eigenvalue weighted by molar-refractivity contribution is 5.94. The van der Waals surface area contributed by atoms with Crippen LogP contribution in [0.15, 0.2) is 0 Å². The first-order valence-corrected chi connectivity index (χ1v) is 17.6. The average Bonchev–Trinajstić information content (AvgIpc) is 3.10. The summed E-state index contributed by atoms with van der Waals surface area (Å²) in [6.07, 6.45) is -0.434. The Hall–Kier alpha value is -2.20. The fraction of sp³-hybridized carbons (Fsp3) is 0.882. The molecular formula is C34H62O18. The zero-order chi connectivity index (χ0) is 38.0. The summed E-state index contributed by atoms with van der Waals surface area (Å²) in [5.41, 5.74) is 0. The van der Waals surface area contributed by atoms with E-state index in [2.05, 4.69) is 0 Å². The maximum atomic E-state index is 11.2. The van der Waals surface area contributed by atoms with E-state index in [4.69, 9.17) is 66.3 Å². The zero-order valence-corrected chi connectivity index (χ0v) is 31.1. The molecular weight excluding hydrogens is 696 g/mol. The Morgan fingerprint density at radius 1 is 0.250 bits per heavy atom. The van der Waals surface area contributed by atoms with Crippen molar-refractivity contribution < 1.29 is 85.5 Å². The van der Waals surface area contributed by atoms with E-state index in [9.17, 15) is 19.2 Å². The van der Waals surface area contributed by atoms with E-state index in [1.165, 1.54) is 13.8 Å². The molecule has 0 rings (SSSR count). The van der Waals surface area contributed by atoms with Crippen LogP contribution in [0.5, 0.6) is 0 Å². The molecule has 18 nitrogen and oxygen atoms in total. The van der Waals surface area contributed by atoms with Crippen molar-refractivity contribution in [1.82, 2.24) is 0 Å². The van der Waals surface area contributed by atoms with Gasteiger partial charge in [0.1, 0.15) is 37.6 Å². The second-order valence-corrected chi connectivity index (χ2v) is 10.5. The summed E-state index contributed by atoms with van der Waals surface area (Å²) in [4.78, 5) is 43.9. The topological polar surface area (TPSA) is 198 Å². The van der Waals surface area contributed by atoms with Crippen LogP contribution < -0.4 is 0 Å². The number of ether oxygens (including phenoxy) is 14. The lowest BCUT2D eigenvalue weighted by atomic mass is 10.3. The highest BCUT2D eigenvalue weighted by Gasteiger charge is 2.06. The van der Waals surface area contributed by atoms with Gasteiger partial charge in [0.05, 0.1) is 159 Å². The molecule has 0 saturated heterocycles. The monoisotopic (exact) mass is 758 g/mol. The van der Waals surface area contributed by atoms with Crippen LogP contribution >= 0.6 is 0 Å². The minimum absolute atomic E-state index is 0.109. The Labute approximate surface area is 307 Å². The number of ketones is 2. The van der Waals surface area contributed by atoms with E-state index in [0.29, 0.717) is 145 Å². The van der Waals surface area contributed by atoms with Gasteiger partial charge >= 0.3 is 11.9 Å². The molecule has 0 fully saturated rings. The van der Waals surface area contributed by atoms with Crippen LogP contribution in [0.1, 0.15) is 26.7 Å². The third-order valence-corrected chi connectivity index (χ3v) is 5.86. The number of hydrogen-bond donors (Lipinski definition) is 0. The molecule has 0 unspecified atom stereocenters. The Kier molecular flexibility index (Phi) is 39.8. The molecule has 0 radical (unpaired) electrons. The summed E-state index contributed by atoms with van der Waals surface area (Å²) in [5.74, 6) is -1.56. The van der Waals surface area contributed by atoms with Crippen molar-refractivity contribution in [3.63, 3.8) is 0 Å². The maximum absolute atomic E-state index is 11.2. The molecule has 306 valence electrons. The second kappa shape index (κ2) is 41.6. The molecule has 0 aromatic heterocycles. The summed E-state index contributed by atoms with van der Waals surface area (Å²) >= 11 is 0. The normalized spacial score (nSPS) is 11.2. The van der Waals surface area contributed by atoms with Gasteiger partial charge in [-0.15, -0.1) is 0 Å². The smallest absolute Gasteiger partial charge is 0.313 e. The molecule has 0 amide bonds. The first-order valence-electron chi connectivity index (χ1n) is 17.6. The van der Waals surface area contributed by atoms with E-state index < -0.39 is 11.9 Å². The highest BCUT2D eigenvalue weighted by Crippen LogP contribution is 1.91. The van der Waals surface area contributed by atoms with Gasteiger partial charge in [-0.3, -0.25) is 19.2 Å². The van der Waals surface area contributed by atoms with Gasteiger partial charge in [-0.2, -0.15) is 0 Å². The Balaban J connectivity index is 3.11. The third-order valence-electron chi connectivity index (χ3n) is 5.86. The third kappa shape index (κ3) is 44.0. The molecule has 18 heteroatoms. The van der Waals surface area contributed by atoms with E-state index in [1.54, 1.807) is 0 Å². The van der Waals surface area contributed by atoms with Crippen LogP contribution in [0.3, 0.4) is 0 Å². The van der Waals surface area contributed by atoms with Gasteiger partial charge in [0.25, 0.3) is 0 Å². The first-order chi connectivity index (χ1) is 25.4. The molecule has 0 saturated carbocycles. The maximum Gasteiger partial charge on any atom is 0.313 e. The second-order valence-electron chi connectivity index (χ2n) is 10.5. The molecule has 0 spiro atoms. The van der Waals surface area contributed by atoms with Crippen LogP contribution in [-0.4, -0.2) is 195 Å². The van der Waals surface area contributed by atoms with Gasteiger partial charge < -0.3 is 66.3 Å². The van der Waals surface area contributed by atoms with Crippen molar-refractivity contribution in [3.8, 4) is 0 Å². The molecule has 0 aliphatic rings. The lowest BCUT2D eigenvalue weighted by Gasteiger charge is -2.09. The summed E-state index contributed by atoms with van der Waals surface area (Å²) < 4.78 is 74.6. The van der Waals surface area contributed by atoms with Crippen molar-refractivity contribution in [3.05, 3.63) is 0 Å². The van der Waals surface area contributed by atoms with Crippen molar-refractivity contribution >= 4 is 23.5 Å². The van der Waals surface area contributed by atoms with Gasteiger partial charge in [0.15, 0.2) is 0 Å². The summed E-state index contributed by atoms with van der Waals surface area (Å²) in [7, 11) is 0. The van der Waals surface area contributed by atoms with Gasteiger partial charge in [-0.25, -0.2) is 0 Å². The van der Waals surface area contributed by atoms with Crippen LogP contribution in [0.25, 0.3) is 0 Å². The molecule has 0 atom stereocenters. The number of carbonyl (C=O) groups excluding carboxylic acids is 4. The molecule has 0 aromatic carbocycles. The lowest BCUT2D eigenvalue weighted by Crippen LogP contribution is -2.16. The Morgan fingerprint density at radius 2 is 0.385 bits per heavy atom. The molecule has 0 aliphatic carbocycles. The number of esters is 2. The zero-order valence-electron chi connectivity index (χ0n) is 31.1. The van der Waals surface area contributed by atoms with Crippen LogP contribution in [0.2, 0.25) is 0 Å². The SMILES string of the molecule is CC(=O)CC(=O)OCCOCCOCCOCCOCCOCCOCCOCCOCCOCCOCCOCCOCCOC(=O)CC(C)=O. The van der Waals surface area contributed by atoms with Gasteiger partial charge in [0, 0.05) is 0 Å².